The average Bonchev–Trinajstić information content (AvgIpc) is 2.90. The van der Waals surface area contributed by atoms with Crippen LogP contribution in [0.1, 0.15) is 63.7 Å². The van der Waals surface area contributed by atoms with Crippen LogP contribution in [-0.4, -0.2) is 12.6 Å². The van der Waals surface area contributed by atoms with Crippen LogP contribution in [0.4, 0.5) is 0 Å². The van der Waals surface area contributed by atoms with Crippen LogP contribution in [0.2, 0.25) is 0 Å². The molecular formula is C16H29NS. The summed E-state index contributed by atoms with van der Waals surface area (Å²) in [6, 6.07) is 5.15. The lowest BCUT2D eigenvalue weighted by molar-refractivity contribution is 0.433. The molecule has 1 heterocycles. The Morgan fingerprint density at radius 1 is 1.11 bits per heavy atom. The molecule has 104 valence electrons. The van der Waals surface area contributed by atoms with Gasteiger partial charge in [0, 0.05) is 10.9 Å². The van der Waals surface area contributed by atoms with E-state index in [0.717, 1.165) is 6.04 Å². The number of hydrogen-bond donors (Lipinski definition) is 1. The van der Waals surface area contributed by atoms with Crippen molar-refractivity contribution in [2.45, 2.75) is 71.3 Å². The van der Waals surface area contributed by atoms with Gasteiger partial charge in [0.05, 0.1) is 0 Å². The minimum absolute atomic E-state index is 0.726. The molecule has 1 nitrogen and oxygen atoms in total. The minimum Gasteiger partial charge on any atom is -0.314 e. The quantitative estimate of drug-likeness (QED) is 0.555. The first-order valence-electron chi connectivity index (χ1n) is 7.62. The highest BCUT2D eigenvalue weighted by Gasteiger charge is 2.08. The van der Waals surface area contributed by atoms with E-state index in [0.29, 0.717) is 0 Å². The number of thiophene rings is 1. The third kappa shape index (κ3) is 7.17. The largest absolute Gasteiger partial charge is 0.314 e. The summed E-state index contributed by atoms with van der Waals surface area (Å²) < 4.78 is 0. The monoisotopic (exact) mass is 267 g/mol. The second kappa shape index (κ2) is 10.6. The zero-order chi connectivity index (χ0) is 13.1. The van der Waals surface area contributed by atoms with Crippen LogP contribution in [0.15, 0.2) is 17.5 Å². The lowest BCUT2D eigenvalue weighted by Gasteiger charge is -2.18. The molecule has 0 amide bonds. The molecule has 1 unspecified atom stereocenters. The van der Waals surface area contributed by atoms with Gasteiger partial charge < -0.3 is 5.32 Å². The van der Waals surface area contributed by atoms with Gasteiger partial charge in [0.25, 0.3) is 0 Å². The first-order chi connectivity index (χ1) is 8.86. The summed E-state index contributed by atoms with van der Waals surface area (Å²) in [5.41, 5.74) is 0. The van der Waals surface area contributed by atoms with Crippen LogP contribution in [0, 0.1) is 0 Å². The molecule has 0 radical (unpaired) electrons. The SMILES string of the molecule is CCCCCCC(CCc1cccs1)NCCC. The van der Waals surface area contributed by atoms with E-state index in [4.69, 9.17) is 0 Å². The van der Waals surface area contributed by atoms with Crippen molar-refractivity contribution in [3.05, 3.63) is 22.4 Å². The van der Waals surface area contributed by atoms with Gasteiger partial charge >= 0.3 is 0 Å². The normalized spacial score (nSPS) is 12.8. The van der Waals surface area contributed by atoms with Gasteiger partial charge in [-0.1, -0.05) is 45.6 Å². The van der Waals surface area contributed by atoms with Crippen LogP contribution in [0.3, 0.4) is 0 Å². The van der Waals surface area contributed by atoms with Gasteiger partial charge in [-0.25, -0.2) is 0 Å². The van der Waals surface area contributed by atoms with Gasteiger partial charge in [-0.05, 0) is 43.7 Å². The van der Waals surface area contributed by atoms with Gasteiger partial charge in [-0.15, -0.1) is 11.3 Å². The summed E-state index contributed by atoms with van der Waals surface area (Å²) in [5, 5.41) is 5.90. The molecule has 0 saturated heterocycles. The number of rotatable bonds is 11. The minimum atomic E-state index is 0.726. The van der Waals surface area contributed by atoms with E-state index in [-0.39, 0.29) is 0 Å². The molecule has 1 aromatic heterocycles. The Morgan fingerprint density at radius 2 is 2.00 bits per heavy atom. The fraction of sp³-hybridized carbons (Fsp3) is 0.750. The maximum absolute atomic E-state index is 3.71. The second-order valence-corrected chi connectivity index (χ2v) is 6.15. The molecule has 0 aliphatic heterocycles. The van der Waals surface area contributed by atoms with Crippen molar-refractivity contribution in [1.82, 2.24) is 5.32 Å². The maximum Gasteiger partial charge on any atom is 0.00705 e. The standard InChI is InChI=1S/C16H29NS/c1-3-5-6-7-9-15(17-13-4-2)11-12-16-10-8-14-18-16/h8,10,14-15,17H,3-7,9,11-13H2,1-2H3. The summed E-state index contributed by atoms with van der Waals surface area (Å²) in [7, 11) is 0. The Labute approximate surface area is 117 Å². The highest BCUT2D eigenvalue weighted by molar-refractivity contribution is 7.09. The first kappa shape index (κ1) is 15.7. The first-order valence-corrected chi connectivity index (χ1v) is 8.50. The van der Waals surface area contributed by atoms with E-state index in [1.807, 2.05) is 11.3 Å². The Morgan fingerprint density at radius 3 is 2.67 bits per heavy atom. The van der Waals surface area contributed by atoms with Gasteiger partial charge in [-0.2, -0.15) is 0 Å². The van der Waals surface area contributed by atoms with Crippen LogP contribution >= 0.6 is 11.3 Å². The molecule has 1 atom stereocenters. The third-order valence-electron chi connectivity index (χ3n) is 3.41. The van der Waals surface area contributed by atoms with Crippen molar-refractivity contribution in [1.29, 1.82) is 0 Å². The van der Waals surface area contributed by atoms with E-state index >= 15 is 0 Å². The molecule has 18 heavy (non-hydrogen) atoms. The van der Waals surface area contributed by atoms with Crippen LogP contribution < -0.4 is 5.32 Å². The molecule has 0 spiro atoms. The van der Waals surface area contributed by atoms with Crippen LogP contribution in [0.25, 0.3) is 0 Å². The van der Waals surface area contributed by atoms with E-state index in [2.05, 4.69) is 36.7 Å². The smallest absolute Gasteiger partial charge is 0.00705 e. The van der Waals surface area contributed by atoms with Gasteiger partial charge in [-0.3, -0.25) is 0 Å². The topological polar surface area (TPSA) is 12.0 Å². The van der Waals surface area contributed by atoms with E-state index in [1.165, 1.54) is 62.8 Å². The van der Waals surface area contributed by atoms with E-state index in [9.17, 15) is 0 Å². The Hall–Kier alpha value is -0.340. The third-order valence-corrected chi connectivity index (χ3v) is 4.34. The summed E-state index contributed by atoms with van der Waals surface area (Å²) in [5.74, 6) is 0. The highest BCUT2D eigenvalue weighted by Crippen LogP contribution is 2.15. The number of unbranched alkanes of at least 4 members (excludes halogenated alkanes) is 3. The van der Waals surface area contributed by atoms with Crippen molar-refractivity contribution in [3.8, 4) is 0 Å². The van der Waals surface area contributed by atoms with Gasteiger partial charge in [0.1, 0.15) is 0 Å². The number of aryl methyl sites for hydroxylation is 1. The molecule has 2 heteroatoms. The predicted molar refractivity (Wildman–Crippen MR) is 83.5 cm³/mol. The van der Waals surface area contributed by atoms with Crippen molar-refractivity contribution < 1.29 is 0 Å². The zero-order valence-electron chi connectivity index (χ0n) is 12.1. The van der Waals surface area contributed by atoms with Crippen LogP contribution in [0.5, 0.6) is 0 Å². The Kier molecular flexibility index (Phi) is 9.23. The van der Waals surface area contributed by atoms with Crippen molar-refractivity contribution in [2.24, 2.45) is 0 Å². The molecule has 0 aliphatic carbocycles. The number of nitrogens with one attached hydrogen (secondary N) is 1. The van der Waals surface area contributed by atoms with Crippen LogP contribution in [-0.2, 0) is 6.42 Å². The Bertz CT molecular complexity index is 269. The summed E-state index contributed by atoms with van der Waals surface area (Å²) >= 11 is 1.89. The molecule has 0 aliphatic rings. The zero-order valence-corrected chi connectivity index (χ0v) is 12.9. The fourth-order valence-electron chi connectivity index (χ4n) is 2.29. The maximum atomic E-state index is 3.71. The molecule has 0 fully saturated rings. The highest BCUT2D eigenvalue weighted by atomic mass is 32.1. The lowest BCUT2D eigenvalue weighted by Crippen LogP contribution is -2.30. The van der Waals surface area contributed by atoms with Crippen molar-refractivity contribution in [2.75, 3.05) is 6.54 Å². The fourth-order valence-corrected chi connectivity index (χ4v) is 3.01. The molecule has 0 aromatic carbocycles. The average molecular weight is 267 g/mol. The molecule has 0 bridgehead atoms. The molecule has 0 saturated carbocycles. The van der Waals surface area contributed by atoms with E-state index < -0.39 is 0 Å². The number of hydrogen-bond acceptors (Lipinski definition) is 2. The predicted octanol–water partition coefficient (Wildman–Crippen LogP) is 5.02. The van der Waals surface area contributed by atoms with Gasteiger partial charge in [0.15, 0.2) is 0 Å². The summed E-state index contributed by atoms with van der Waals surface area (Å²) in [6.45, 7) is 5.70. The van der Waals surface area contributed by atoms with E-state index in [1.54, 1.807) is 0 Å². The molecule has 1 aromatic rings. The van der Waals surface area contributed by atoms with Crippen molar-refractivity contribution >= 4 is 11.3 Å². The molecular weight excluding hydrogens is 238 g/mol. The Balaban J connectivity index is 2.21. The second-order valence-electron chi connectivity index (χ2n) is 5.12. The summed E-state index contributed by atoms with van der Waals surface area (Å²) in [6.07, 6.45) is 10.7. The molecule has 1 rings (SSSR count). The van der Waals surface area contributed by atoms with Crippen molar-refractivity contribution in [3.63, 3.8) is 0 Å². The molecule has 1 N–H and O–H groups in total. The lowest BCUT2D eigenvalue weighted by atomic mass is 10.0. The van der Waals surface area contributed by atoms with Gasteiger partial charge in [0.2, 0.25) is 0 Å². The summed E-state index contributed by atoms with van der Waals surface area (Å²) in [4.78, 5) is 1.53.